The number of hydrogen-bond donors (Lipinski definition) is 1. The summed E-state index contributed by atoms with van der Waals surface area (Å²) in [5, 5.41) is 11.6. The fourth-order valence-corrected chi connectivity index (χ4v) is 13.0. The Morgan fingerprint density at radius 3 is 1.04 bits per heavy atom. The van der Waals surface area contributed by atoms with Crippen LogP contribution in [-0.2, 0) is 90.6 Å². The second kappa shape index (κ2) is 45.9. The van der Waals surface area contributed by atoms with E-state index < -0.39 is 10.8 Å². The van der Waals surface area contributed by atoms with E-state index in [1.54, 1.807) is 35.0 Å². The smallest absolute Gasteiger partial charge is 0.410 e. The van der Waals surface area contributed by atoms with Gasteiger partial charge in [-0.1, -0.05) is 108 Å². The number of allylic oxidation sites excluding steroid dienone is 1. The summed E-state index contributed by atoms with van der Waals surface area (Å²) in [5.41, 5.74) is 5.49. The summed E-state index contributed by atoms with van der Waals surface area (Å²) in [6.07, 6.45) is 9.10. The Bertz CT molecular complexity index is 3230. The SMILES string of the molecule is BrB(Br)Br.C.C.C=CC(=O)Cl.C=CC(=O)N1CC(N2CCN(C(=O)CCc3cc(CC)c(Cl)cc3O)CC2)C1.C=CC(=O)N1CC(N2CCN(C(=O)CCc3cc(CC)c(Cl)cc3OC)CC2)C1.CCc1cc(CCC(=O)N2CCN(C3CN(C(=O)OC(C)(C)C)C3)CC2)c(OC)cc1Cl.[V]. The number of phenolic OH excluding ortho intramolecular Hbond substituents is 1. The number of hydrogen-bond acceptors (Lipinski definition) is 14. The summed E-state index contributed by atoms with van der Waals surface area (Å²) in [5.74, 6) is 2.09. The number of amides is 6. The summed E-state index contributed by atoms with van der Waals surface area (Å²) in [4.78, 5) is 101. The van der Waals surface area contributed by atoms with Gasteiger partial charge in [0.05, 0.1) is 14.2 Å². The van der Waals surface area contributed by atoms with E-state index >= 15 is 0 Å². The third-order valence-corrected chi connectivity index (χ3v) is 19.2. The Labute approximate surface area is 657 Å². The van der Waals surface area contributed by atoms with Crippen LogP contribution in [0.4, 0.5) is 4.79 Å². The van der Waals surface area contributed by atoms with E-state index in [-0.39, 0.29) is 78.0 Å². The molecule has 0 spiro atoms. The molecule has 6 amide bonds. The monoisotopic (exact) mass is 1710 g/mol. The molecule has 0 aromatic heterocycles. The second-order valence-corrected chi connectivity index (χ2v) is 33.4. The van der Waals surface area contributed by atoms with Crippen molar-refractivity contribution < 1.29 is 71.4 Å². The third kappa shape index (κ3) is 29.2. The molecule has 101 heavy (non-hydrogen) atoms. The number of likely N-dealkylation sites (tertiary alicyclic amines) is 3. The van der Waals surface area contributed by atoms with Crippen LogP contribution in [0.5, 0.6) is 17.2 Å². The summed E-state index contributed by atoms with van der Waals surface area (Å²) < 4.78 is 16.6. The van der Waals surface area contributed by atoms with Gasteiger partial charge in [0.15, 0.2) is 0 Å². The van der Waals surface area contributed by atoms with Gasteiger partial charge in [0.2, 0.25) is 34.8 Å². The average Bonchev–Trinajstić information content (AvgIpc) is 0.821. The van der Waals surface area contributed by atoms with Gasteiger partial charge in [-0.3, -0.25) is 43.5 Å². The standard InChI is InChI=1S/C24H36ClN3O4.C22H30ClN3O3.C21H28ClN3O3.C3H3ClO.2CH4.BBr3.V/c1-6-17-13-18(21(31-5)14-20(17)25)7-8-22(29)27-11-9-26(10-12-27)19-15-28(16-19)23(30)32-24(2,3)4;1-4-16-12-17(20(29-3)13-19(16)23)6-7-22(28)25-10-8-24(9-11-25)18-14-26(15-18)21(27)5-2;1-3-15-11-16(19(26)12-18(15)22)5-6-21(28)24-9-7-23(8-10-24)17-13-25(14-17)20(27)4-2;1-2-3(4)5;;;2-1(3)4;/h13-14,19H,6-12,15-16H2,1-5H3;5,12-13,18H,2,4,6-11,14-15H2,1,3H3;4,11-12,17,26H,2-3,5-10,13-14H2,1H3;2H,1H2;2*1H4;;. The fourth-order valence-electron chi connectivity index (χ4n) is 12.1. The molecule has 1 N–H and O–H groups in total. The summed E-state index contributed by atoms with van der Waals surface area (Å²) in [6, 6.07) is 12.4. The topological polar surface area (TPSA) is 197 Å². The molecule has 3 aromatic rings. The molecule has 6 saturated heterocycles. The Hall–Kier alpha value is -4.30. The molecule has 6 heterocycles. The van der Waals surface area contributed by atoms with Crippen molar-refractivity contribution in [3.05, 3.63) is 123 Å². The van der Waals surface area contributed by atoms with Gasteiger partial charge in [-0.05, 0) is 141 Å². The molecule has 0 aliphatic carbocycles. The van der Waals surface area contributed by atoms with Crippen LogP contribution in [0.2, 0.25) is 15.1 Å². The number of benzene rings is 3. The van der Waals surface area contributed by atoms with E-state index in [0.29, 0.717) is 97.9 Å². The van der Waals surface area contributed by atoms with Gasteiger partial charge in [-0.15, -0.1) is 47.3 Å². The number of piperazine rings is 3. The minimum atomic E-state index is -0.509. The Morgan fingerprint density at radius 2 is 0.772 bits per heavy atom. The molecule has 1 radical (unpaired) electrons. The maximum Gasteiger partial charge on any atom is 0.410 e. The number of rotatable bonds is 20. The zero-order valence-corrected chi connectivity index (χ0v) is 67.5. The van der Waals surface area contributed by atoms with Crippen LogP contribution in [0.15, 0.2) is 74.4 Å². The average molecular weight is 1720 g/mol. The normalized spacial score (nSPS) is 16.3. The number of aryl methyl sites for hydroxylation is 6. The number of ether oxygens (including phenoxy) is 3. The van der Waals surface area contributed by atoms with Gasteiger partial charge in [0.25, 0.3) is 0 Å². The van der Waals surface area contributed by atoms with Crippen molar-refractivity contribution >= 4 is 138 Å². The molecule has 6 aliphatic heterocycles. The van der Waals surface area contributed by atoms with E-state index in [0.717, 1.165) is 162 Å². The first-order valence-electron chi connectivity index (χ1n) is 33.3. The molecule has 20 nitrogen and oxygen atoms in total. The number of nitrogens with zero attached hydrogens (tertiary/aromatic N) is 9. The zero-order chi connectivity index (χ0) is 72.6. The summed E-state index contributed by atoms with van der Waals surface area (Å²) in [6.45, 7) is 35.7. The predicted octanol–water partition coefficient (Wildman–Crippen LogP) is 12.4. The molecule has 29 heteroatoms. The Balaban J connectivity index is 0.000000478. The summed E-state index contributed by atoms with van der Waals surface area (Å²) in [7, 11) is 3.26. The van der Waals surface area contributed by atoms with E-state index in [4.69, 9.17) is 60.6 Å². The molecule has 6 aliphatic rings. The number of carbonyl (C=O) groups is 7. The maximum atomic E-state index is 12.8. The van der Waals surface area contributed by atoms with Crippen LogP contribution in [0.3, 0.4) is 0 Å². The maximum absolute atomic E-state index is 12.8. The van der Waals surface area contributed by atoms with Crippen molar-refractivity contribution in [2.24, 2.45) is 0 Å². The molecule has 6 fully saturated rings. The van der Waals surface area contributed by atoms with Crippen LogP contribution in [0.1, 0.15) is 109 Å². The first kappa shape index (κ1) is 92.8. The third-order valence-electron chi connectivity index (χ3n) is 18.0. The number of halogens is 7. The molecule has 0 atom stereocenters. The minimum Gasteiger partial charge on any atom is -0.508 e. The molecule has 561 valence electrons. The first-order chi connectivity index (χ1) is 46.5. The predicted molar refractivity (Wildman–Crippen MR) is 416 cm³/mol. The van der Waals surface area contributed by atoms with Gasteiger partial charge in [-0.25, -0.2) is 4.79 Å². The Kier molecular flexibility index (Phi) is 42.2. The zero-order valence-electron chi connectivity index (χ0n) is 58.4. The van der Waals surface area contributed by atoms with Gasteiger partial charge in [0, 0.05) is 189 Å². The molecule has 3 aromatic carbocycles. The number of carbonyl (C=O) groups excluding carboxylic acids is 7. The van der Waals surface area contributed by atoms with Crippen LogP contribution < -0.4 is 9.47 Å². The van der Waals surface area contributed by atoms with Crippen LogP contribution in [0.25, 0.3) is 0 Å². The van der Waals surface area contributed by atoms with Crippen LogP contribution >= 0.6 is 93.7 Å². The van der Waals surface area contributed by atoms with E-state index in [9.17, 15) is 38.7 Å². The minimum absolute atomic E-state index is 0. The van der Waals surface area contributed by atoms with Crippen molar-refractivity contribution in [3.8, 4) is 17.2 Å². The molecular weight excluding hydrogens is 1610 g/mol. The fraction of sp³-hybridized carbons (Fsp3) is 0.569. The van der Waals surface area contributed by atoms with Crippen molar-refractivity contribution in [1.82, 2.24) is 44.1 Å². The van der Waals surface area contributed by atoms with E-state index in [2.05, 4.69) is 108 Å². The van der Waals surface area contributed by atoms with Crippen LogP contribution in [-0.4, -0.2) is 249 Å². The van der Waals surface area contributed by atoms with E-state index in [1.165, 1.54) is 12.2 Å². The van der Waals surface area contributed by atoms with Gasteiger partial charge >= 0.3 is 9.28 Å². The van der Waals surface area contributed by atoms with Gasteiger partial charge in [0.1, 0.15) is 22.8 Å². The van der Waals surface area contributed by atoms with Crippen molar-refractivity contribution in [2.75, 3.05) is 132 Å². The number of methoxy groups -OCH3 is 2. The molecule has 0 bridgehead atoms. The molecule has 9 rings (SSSR count). The van der Waals surface area contributed by atoms with Gasteiger partial charge < -0.3 is 48.7 Å². The summed E-state index contributed by atoms with van der Waals surface area (Å²) >= 11 is 32.7. The molecular formula is C72H105BBr3Cl4N9O11V. The second-order valence-electron chi connectivity index (χ2n) is 25.4. The van der Waals surface area contributed by atoms with Crippen molar-refractivity contribution in [1.29, 1.82) is 0 Å². The van der Waals surface area contributed by atoms with Gasteiger partial charge in [-0.2, -0.15) is 0 Å². The number of aromatic hydroxyl groups is 1. The van der Waals surface area contributed by atoms with E-state index in [1.807, 2.05) is 60.6 Å². The van der Waals surface area contributed by atoms with Crippen LogP contribution in [0, 0.1) is 0 Å². The Morgan fingerprint density at radius 1 is 0.495 bits per heavy atom. The first-order valence-corrected chi connectivity index (χ1v) is 37.6. The largest absolute Gasteiger partial charge is 0.508 e. The molecule has 0 unspecified atom stereocenters. The number of phenols is 1. The molecule has 0 saturated carbocycles. The van der Waals surface area contributed by atoms with Crippen molar-refractivity contribution in [3.63, 3.8) is 0 Å². The quantitative estimate of drug-likeness (QED) is 0.0637. The van der Waals surface area contributed by atoms with Crippen molar-refractivity contribution in [2.45, 2.75) is 138 Å².